The smallest absolute Gasteiger partial charge is 0.293 e. The molecule has 2 aromatic rings. The fourth-order valence-electron chi connectivity index (χ4n) is 4.69. The van der Waals surface area contributed by atoms with Gasteiger partial charge in [-0.3, -0.25) is 15.0 Å². The zero-order valence-corrected chi connectivity index (χ0v) is 20.2. The Hall–Kier alpha value is -2.50. The molecule has 1 unspecified atom stereocenters. The summed E-state index contributed by atoms with van der Waals surface area (Å²) in [5.74, 6) is 1.09. The van der Waals surface area contributed by atoms with Gasteiger partial charge < -0.3 is 9.42 Å². The Labute approximate surface area is 194 Å². The van der Waals surface area contributed by atoms with Crippen LogP contribution in [0.4, 0.5) is 11.4 Å². The van der Waals surface area contributed by atoms with Crippen LogP contribution in [0, 0.1) is 29.9 Å². The van der Waals surface area contributed by atoms with E-state index in [9.17, 15) is 18.5 Å². The van der Waals surface area contributed by atoms with E-state index in [1.165, 1.54) is 16.4 Å². The molecule has 2 fully saturated rings. The molecule has 1 aromatic carbocycles. The first kappa shape index (κ1) is 23.7. The number of hydrogen-bond acceptors (Lipinski definition) is 8. The Balaban J connectivity index is 1.50. The number of nitro benzene ring substituents is 1. The van der Waals surface area contributed by atoms with Crippen LogP contribution in [0.3, 0.4) is 0 Å². The molecular weight excluding hydrogens is 446 g/mol. The minimum atomic E-state index is -3.76. The summed E-state index contributed by atoms with van der Waals surface area (Å²) in [6, 6.07) is 4.32. The van der Waals surface area contributed by atoms with Gasteiger partial charge in [0.25, 0.3) is 5.69 Å². The summed E-state index contributed by atoms with van der Waals surface area (Å²) in [5.41, 5.74) is 2.25. The van der Waals surface area contributed by atoms with Crippen molar-refractivity contribution in [3.05, 3.63) is 45.3 Å². The highest BCUT2D eigenvalue weighted by molar-refractivity contribution is 7.89. The molecule has 0 N–H and O–H groups in total. The normalized spacial score (nSPS) is 20.8. The standard InChI is InChI=1S/C22H31N5O5S/c1-16-5-4-8-26(14-16)33(30,31)19-6-7-21(22(13-19)27(28)29)25-11-9-24(10-12-25)15-20-17(2)23-32-18(20)3/h6-7,13,16H,4-5,8-12,14-15H2,1-3H3. The van der Waals surface area contributed by atoms with Gasteiger partial charge >= 0.3 is 0 Å². The first-order valence-electron chi connectivity index (χ1n) is 11.3. The number of rotatable bonds is 6. The predicted molar refractivity (Wildman–Crippen MR) is 124 cm³/mol. The van der Waals surface area contributed by atoms with Gasteiger partial charge in [0.2, 0.25) is 10.0 Å². The lowest BCUT2D eigenvalue weighted by atomic mass is 10.0. The Bertz CT molecular complexity index is 1100. The first-order valence-corrected chi connectivity index (χ1v) is 12.8. The number of nitrogens with zero attached hydrogens (tertiary/aromatic N) is 5. The maximum Gasteiger partial charge on any atom is 0.293 e. The Morgan fingerprint density at radius 3 is 2.52 bits per heavy atom. The largest absolute Gasteiger partial charge is 0.363 e. The maximum absolute atomic E-state index is 13.1. The Morgan fingerprint density at radius 1 is 1.18 bits per heavy atom. The number of hydrogen-bond donors (Lipinski definition) is 0. The molecule has 0 amide bonds. The summed E-state index contributed by atoms with van der Waals surface area (Å²) in [4.78, 5) is 15.6. The van der Waals surface area contributed by atoms with Crippen LogP contribution in [-0.4, -0.2) is 67.0 Å². The van der Waals surface area contributed by atoms with Crippen molar-refractivity contribution in [1.29, 1.82) is 0 Å². The molecule has 2 saturated heterocycles. The van der Waals surface area contributed by atoms with Gasteiger partial charge in [-0.05, 0) is 44.7 Å². The number of piperazine rings is 1. The van der Waals surface area contributed by atoms with Gasteiger partial charge in [0.05, 0.1) is 15.5 Å². The van der Waals surface area contributed by atoms with Crippen LogP contribution in [0.25, 0.3) is 0 Å². The molecule has 0 spiro atoms. The number of sulfonamides is 1. The summed E-state index contributed by atoms with van der Waals surface area (Å²) in [6.45, 7) is 10.2. The van der Waals surface area contributed by atoms with Gasteiger partial charge in [-0.1, -0.05) is 12.1 Å². The van der Waals surface area contributed by atoms with Gasteiger partial charge in [-0.2, -0.15) is 4.31 Å². The summed E-state index contributed by atoms with van der Waals surface area (Å²) < 4.78 is 32.9. The number of piperidine rings is 1. The van der Waals surface area contributed by atoms with Crippen molar-refractivity contribution in [3.8, 4) is 0 Å². The third-order valence-electron chi connectivity index (χ3n) is 6.68. The lowest BCUT2D eigenvalue weighted by Crippen LogP contribution is -2.46. The number of aromatic nitrogens is 1. The average Bonchev–Trinajstić information content (AvgIpc) is 3.11. The number of benzene rings is 1. The lowest BCUT2D eigenvalue weighted by Gasteiger charge is -2.36. The van der Waals surface area contributed by atoms with E-state index in [4.69, 9.17) is 4.52 Å². The quantitative estimate of drug-likeness (QED) is 0.461. The molecule has 0 aliphatic carbocycles. The van der Waals surface area contributed by atoms with Crippen molar-refractivity contribution in [2.24, 2.45) is 5.92 Å². The van der Waals surface area contributed by atoms with Crippen molar-refractivity contribution in [2.75, 3.05) is 44.2 Å². The summed E-state index contributed by atoms with van der Waals surface area (Å²) in [7, 11) is -3.76. The monoisotopic (exact) mass is 477 g/mol. The van der Waals surface area contributed by atoms with E-state index >= 15 is 0 Å². The summed E-state index contributed by atoms with van der Waals surface area (Å²) in [5, 5.41) is 15.9. The van der Waals surface area contributed by atoms with Crippen molar-refractivity contribution < 1.29 is 17.9 Å². The van der Waals surface area contributed by atoms with Crippen molar-refractivity contribution in [1.82, 2.24) is 14.4 Å². The third kappa shape index (κ3) is 4.90. The van der Waals surface area contributed by atoms with Crippen LogP contribution in [0.15, 0.2) is 27.6 Å². The number of nitro groups is 1. The SMILES string of the molecule is Cc1noc(C)c1CN1CCN(c2ccc(S(=O)(=O)N3CCCC(C)C3)cc2[N+](=O)[O-])CC1. The molecule has 10 nitrogen and oxygen atoms in total. The molecule has 2 aliphatic heterocycles. The second-order valence-electron chi connectivity index (χ2n) is 9.08. The van der Waals surface area contributed by atoms with Crippen molar-refractivity contribution in [2.45, 2.75) is 45.1 Å². The van der Waals surface area contributed by atoms with Gasteiger partial charge in [0, 0.05) is 57.4 Å². The Kier molecular flexibility index (Phi) is 6.73. The van der Waals surface area contributed by atoms with E-state index in [0.29, 0.717) is 31.9 Å². The molecule has 3 heterocycles. The van der Waals surface area contributed by atoms with Gasteiger partial charge in [0.15, 0.2) is 0 Å². The molecule has 180 valence electrons. The van der Waals surface area contributed by atoms with E-state index in [-0.39, 0.29) is 16.5 Å². The van der Waals surface area contributed by atoms with Crippen molar-refractivity contribution in [3.63, 3.8) is 0 Å². The van der Waals surface area contributed by atoms with Crippen molar-refractivity contribution >= 4 is 21.4 Å². The fourth-order valence-corrected chi connectivity index (χ4v) is 6.31. The minimum Gasteiger partial charge on any atom is -0.363 e. The predicted octanol–water partition coefficient (Wildman–Crippen LogP) is 2.94. The third-order valence-corrected chi connectivity index (χ3v) is 8.54. The number of aryl methyl sites for hydroxylation is 2. The minimum absolute atomic E-state index is 0.0101. The van der Waals surface area contributed by atoms with Crippen LogP contribution < -0.4 is 4.90 Å². The van der Waals surface area contributed by atoms with Gasteiger partial charge in [-0.15, -0.1) is 0 Å². The molecule has 33 heavy (non-hydrogen) atoms. The molecule has 0 bridgehead atoms. The lowest BCUT2D eigenvalue weighted by molar-refractivity contribution is -0.384. The zero-order chi connectivity index (χ0) is 23.8. The molecule has 4 rings (SSSR count). The number of anilines is 1. The fraction of sp³-hybridized carbons (Fsp3) is 0.591. The van der Waals surface area contributed by atoms with E-state index < -0.39 is 14.9 Å². The van der Waals surface area contributed by atoms with E-state index in [1.807, 2.05) is 25.7 Å². The van der Waals surface area contributed by atoms with Gasteiger partial charge in [-0.25, -0.2) is 8.42 Å². The Morgan fingerprint density at radius 2 is 1.91 bits per heavy atom. The highest BCUT2D eigenvalue weighted by Crippen LogP contribution is 2.33. The molecular formula is C22H31N5O5S. The van der Waals surface area contributed by atoms with E-state index in [0.717, 1.165) is 49.5 Å². The average molecular weight is 478 g/mol. The highest BCUT2D eigenvalue weighted by Gasteiger charge is 2.32. The van der Waals surface area contributed by atoms with E-state index in [1.54, 1.807) is 6.07 Å². The molecule has 2 aliphatic rings. The molecule has 0 saturated carbocycles. The second kappa shape index (κ2) is 9.40. The highest BCUT2D eigenvalue weighted by atomic mass is 32.2. The maximum atomic E-state index is 13.1. The van der Waals surface area contributed by atoms with Crippen LogP contribution in [0.2, 0.25) is 0 Å². The molecule has 1 aromatic heterocycles. The van der Waals surface area contributed by atoms with Crippen LogP contribution in [-0.2, 0) is 16.6 Å². The summed E-state index contributed by atoms with van der Waals surface area (Å²) in [6.07, 6.45) is 1.80. The van der Waals surface area contributed by atoms with Gasteiger partial charge in [0.1, 0.15) is 11.4 Å². The topological polar surface area (TPSA) is 113 Å². The molecule has 0 radical (unpaired) electrons. The zero-order valence-electron chi connectivity index (χ0n) is 19.4. The van der Waals surface area contributed by atoms with Crippen LogP contribution in [0.5, 0.6) is 0 Å². The molecule has 1 atom stereocenters. The van der Waals surface area contributed by atoms with E-state index in [2.05, 4.69) is 10.1 Å². The molecule has 11 heteroatoms. The second-order valence-corrected chi connectivity index (χ2v) is 11.0. The van der Waals surface area contributed by atoms with Crippen LogP contribution in [0.1, 0.15) is 36.8 Å². The summed E-state index contributed by atoms with van der Waals surface area (Å²) >= 11 is 0. The first-order chi connectivity index (χ1) is 15.7. The van der Waals surface area contributed by atoms with Crippen LogP contribution >= 0.6 is 0 Å².